The van der Waals surface area contributed by atoms with Crippen molar-refractivity contribution in [2.24, 2.45) is 0 Å². The highest BCUT2D eigenvalue weighted by Crippen LogP contribution is 2.32. The maximum absolute atomic E-state index is 13.3. The van der Waals surface area contributed by atoms with Gasteiger partial charge in [0.05, 0.1) is 11.4 Å². The fourth-order valence-corrected chi connectivity index (χ4v) is 5.67. The van der Waals surface area contributed by atoms with Gasteiger partial charge in [-0.3, -0.25) is 9.69 Å². The number of nitrogens with zero attached hydrogens (tertiary/aromatic N) is 2. The molecule has 1 aromatic carbocycles. The summed E-state index contributed by atoms with van der Waals surface area (Å²) in [7, 11) is -1.78. The number of aryl methyl sites for hydroxylation is 2. The van der Waals surface area contributed by atoms with E-state index in [1.807, 2.05) is 26.0 Å². The van der Waals surface area contributed by atoms with Gasteiger partial charge in [0.25, 0.3) is 0 Å². The zero-order chi connectivity index (χ0) is 20.6. The molecule has 7 heteroatoms. The molecule has 0 spiro atoms. The van der Waals surface area contributed by atoms with Crippen LogP contribution in [0.2, 0.25) is 0 Å². The summed E-state index contributed by atoms with van der Waals surface area (Å²) >= 11 is 0. The zero-order valence-corrected chi connectivity index (χ0v) is 18.1. The number of carboxylic acid groups (broad SMARTS) is 1. The highest BCUT2D eigenvalue weighted by molar-refractivity contribution is 7.89. The highest BCUT2D eigenvalue weighted by atomic mass is 32.2. The minimum atomic E-state index is -3.56. The van der Waals surface area contributed by atoms with E-state index in [9.17, 15) is 13.2 Å². The van der Waals surface area contributed by atoms with Crippen molar-refractivity contribution in [2.75, 3.05) is 26.7 Å². The topological polar surface area (TPSA) is 77.9 Å². The Bertz CT molecular complexity index is 781. The summed E-state index contributed by atoms with van der Waals surface area (Å²) in [5.74, 6) is -0.863. The van der Waals surface area contributed by atoms with Gasteiger partial charge in [-0.1, -0.05) is 32.9 Å². The number of benzene rings is 1. The van der Waals surface area contributed by atoms with Gasteiger partial charge in [-0.15, -0.1) is 0 Å². The third-order valence-electron chi connectivity index (χ3n) is 5.36. The van der Waals surface area contributed by atoms with Crippen LogP contribution in [0.15, 0.2) is 17.0 Å². The molecule has 0 atom stereocenters. The fourth-order valence-electron chi connectivity index (χ4n) is 3.79. The van der Waals surface area contributed by atoms with Gasteiger partial charge in [-0.2, -0.15) is 4.31 Å². The van der Waals surface area contributed by atoms with Gasteiger partial charge < -0.3 is 5.11 Å². The molecule has 1 aliphatic rings. The molecular weight excluding hydrogens is 364 g/mol. The SMILES string of the molecule is Cc1cc(C(C)(C)C)cc(C)c1S(=O)(=O)N1CCC(N(C)CC(=O)O)CC1. The van der Waals surface area contributed by atoms with E-state index >= 15 is 0 Å². The molecule has 0 aromatic heterocycles. The number of sulfonamides is 1. The lowest BCUT2D eigenvalue weighted by molar-refractivity contribution is -0.138. The monoisotopic (exact) mass is 396 g/mol. The van der Waals surface area contributed by atoms with Gasteiger partial charge >= 0.3 is 5.97 Å². The maximum Gasteiger partial charge on any atom is 0.317 e. The first kappa shape index (κ1) is 21.9. The lowest BCUT2D eigenvalue weighted by atomic mass is 9.85. The van der Waals surface area contributed by atoms with Crippen LogP contribution in [0.3, 0.4) is 0 Å². The van der Waals surface area contributed by atoms with Gasteiger partial charge in [-0.25, -0.2) is 8.42 Å². The maximum atomic E-state index is 13.3. The van der Waals surface area contributed by atoms with E-state index in [0.717, 1.165) is 16.7 Å². The summed E-state index contributed by atoms with van der Waals surface area (Å²) in [6.45, 7) is 10.9. The Morgan fingerprint density at radius 1 is 1.19 bits per heavy atom. The van der Waals surface area contributed by atoms with E-state index < -0.39 is 16.0 Å². The number of carboxylic acids is 1. The van der Waals surface area contributed by atoms with Crippen LogP contribution in [0.5, 0.6) is 0 Å². The summed E-state index contributed by atoms with van der Waals surface area (Å²) in [4.78, 5) is 13.1. The molecular formula is C20H32N2O4S. The van der Waals surface area contributed by atoms with Crippen molar-refractivity contribution in [3.63, 3.8) is 0 Å². The molecule has 1 fully saturated rings. The molecule has 0 amide bonds. The van der Waals surface area contributed by atoms with Gasteiger partial charge in [0.1, 0.15) is 0 Å². The van der Waals surface area contributed by atoms with Crippen molar-refractivity contribution < 1.29 is 18.3 Å². The standard InChI is InChI=1S/C20H32N2O4S/c1-14-11-16(20(3,4)5)12-15(2)19(14)27(25,26)22-9-7-17(8-10-22)21(6)13-18(23)24/h11-12,17H,7-10,13H2,1-6H3,(H,23,24). The van der Waals surface area contributed by atoms with Crippen LogP contribution in [0.1, 0.15) is 50.3 Å². The van der Waals surface area contributed by atoms with E-state index in [-0.39, 0.29) is 18.0 Å². The minimum absolute atomic E-state index is 0.0239. The summed E-state index contributed by atoms with van der Waals surface area (Å²) in [5, 5.41) is 8.94. The van der Waals surface area contributed by atoms with Crippen molar-refractivity contribution >= 4 is 16.0 Å². The number of likely N-dealkylation sites (N-methyl/N-ethyl adjacent to an activating group) is 1. The highest BCUT2D eigenvalue weighted by Gasteiger charge is 2.33. The second kappa shape index (κ2) is 7.89. The van der Waals surface area contributed by atoms with E-state index in [2.05, 4.69) is 20.8 Å². The molecule has 6 nitrogen and oxygen atoms in total. The van der Waals surface area contributed by atoms with E-state index in [1.165, 1.54) is 0 Å². The first-order chi connectivity index (χ1) is 12.3. The second-order valence-electron chi connectivity index (χ2n) is 8.63. The van der Waals surface area contributed by atoms with Crippen LogP contribution in [0, 0.1) is 13.8 Å². The third-order valence-corrected chi connectivity index (χ3v) is 7.56. The smallest absolute Gasteiger partial charge is 0.317 e. The van der Waals surface area contributed by atoms with Crippen LogP contribution < -0.4 is 0 Å². The molecule has 0 aliphatic carbocycles. The molecule has 1 heterocycles. The molecule has 1 aliphatic heterocycles. The number of hydrogen-bond acceptors (Lipinski definition) is 4. The summed E-state index contributed by atoms with van der Waals surface area (Å²) in [5.41, 5.74) is 2.66. The molecule has 0 bridgehead atoms. The normalized spacial score (nSPS) is 17.4. The van der Waals surface area contributed by atoms with Crippen LogP contribution in [0.25, 0.3) is 0 Å². The number of rotatable bonds is 5. The van der Waals surface area contributed by atoms with Gasteiger partial charge in [-0.05, 0) is 55.8 Å². The number of carbonyl (C=O) groups is 1. The van der Waals surface area contributed by atoms with Crippen molar-refractivity contribution in [3.05, 3.63) is 28.8 Å². The lowest BCUT2D eigenvalue weighted by Crippen LogP contribution is -2.46. The first-order valence-electron chi connectivity index (χ1n) is 9.38. The average Bonchev–Trinajstić information content (AvgIpc) is 2.52. The first-order valence-corrected chi connectivity index (χ1v) is 10.8. The fraction of sp³-hybridized carbons (Fsp3) is 0.650. The Hall–Kier alpha value is -1.44. The average molecular weight is 397 g/mol. The van der Waals surface area contributed by atoms with Crippen LogP contribution in [-0.4, -0.2) is 61.4 Å². The third kappa shape index (κ3) is 4.89. The largest absolute Gasteiger partial charge is 0.480 e. The van der Waals surface area contributed by atoms with E-state index in [4.69, 9.17) is 5.11 Å². The molecule has 1 saturated heterocycles. The molecule has 1 N–H and O–H groups in total. The van der Waals surface area contributed by atoms with Crippen LogP contribution in [-0.2, 0) is 20.2 Å². The predicted molar refractivity (Wildman–Crippen MR) is 107 cm³/mol. The molecule has 0 unspecified atom stereocenters. The van der Waals surface area contributed by atoms with Crippen LogP contribution >= 0.6 is 0 Å². The number of aliphatic carboxylic acids is 1. The van der Waals surface area contributed by atoms with E-state index in [1.54, 1.807) is 16.3 Å². The molecule has 1 aromatic rings. The Kier molecular flexibility index (Phi) is 6.39. The van der Waals surface area contributed by atoms with E-state index in [0.29, 0.717) is 30.8 Å². The predicted octanol–water partition coefficient (Wildman–Crippen LogP) is 2.77. The van der Waals surface area contributed by atoms with Gasteiger partial charge in [0, 0.05) is 19.1 Å². The minimum Gasteiger partial charge on any atom is -0.480 e. The molecule has 152 valence electrons. The van der Waals surface area contributed by atoms with Gasteiger partial charge in [0.2, 0.25) is 10.0 Å². The van der Waals surface area contributed by atoms with Crippen molar-refractivity contribution in [1.29, 1.82) is 0 Å². The molecule has 0 radical (unpaired) electrons. The van der Waals surface area contributed by atoms with Crippen LogP contribution in [0.4, 0.5) is 0 Å². The van der Waals surface area contributed by atoms with Gasteiger partial charge in [0.15, 0.2) is 0 Å². The summed E-state index contributed by atoms with van der Waals surface area (Å²) in [6.07, 6.45) is 1.28. The number of piperidine rings is 1. The van der Waals surface area contributed by atoms with Crippen molar-refractivity contribution in [3.8, 4) is 0 Å². The zero-order valence-electron chi connectivity index (χ0n) is 17.2. The van der Waals surface area contributed by atoms with Crippen molar-refractivity contribution in [1.82, 2.24) is 9.21 Å². The van der Waals surface area contributed by atoms with Crippen molar-refractivity contribution in [2.45, 2.75) is 63.8 Å². The quantitative estimate of drug-likeness (QED) is 0.828. The summed E-state index contributed by atoms with van der Waals surface area (Å²) < 4.78 is 28.1. The summed E-state index contributed by atoms with van der Waals surface area (Å²) in [6, 6.07) is 4.05. The molecule has 2 rings (SSSR count). The Morgan fingerprint density at radius 3 is 2.07 bits per heavy atom. The Morgan fingerprint density at radius 2 is 1.67 bits per heavy atom. The molecule has 0 saturated carbocycles. The Labute approximate surface area is 163 Å². The molecule has 27 heavy (non-hydrogen) atoms. The second-order valence-corrected chi connectivity index (χ2v) is 10.5. The lowest BCUT2D eigenvalue weighted by Gasteiger charge is -2.36. The number of hydrogen-bond donors (Lipinski definition) is 1. The Balaban J connectivity index is 2.22.